The molecular formula is C9H12N2O4S. The van der Waals surface area contributed by atoms with E-state index < -0.39 is 20.9 Å². The fraction of sp³-hybridized carbons (Fsp3) is 0.444. The number of sulfone groups is 1. The molecule has 0 bridgehead atoms. The molecule has 0 radical (unpaired) electrons. The van der Waals surface area contributed by atoms with Gasteiger partial charge in [0, 0.05) is 18.6 Å². The number of carbonyl (C=O) groups excluding carboxylic acids is 1. The highest BCUT2D eigenvalue weighted by Gasteiger charge is 2.28. The third kappa shape index (κ3) is 2.54. The van der Waals surface area contributed by atoms with Gasteiger partial charge in [-0.1, -0.05) is 0 Å². The van der Waals surface area contributed by atoms with Crippen molar-refractivity contribution in [3.05, 3.63) is 18.1 Å². The van der Waals surface area contributed by atoms with Crippen molar-refractivity contribution in [3.8, 4) is 5.88 Å². The Morgan fingerprint density at radius 2 is 1.94 bits per heavy atom. The van der Waals surface area contributed by atoms with E-state index in [4.69, 9.17) is 4.74 Å². The molecule has 0 aromatic carbocycles. The Bertz CT molecular complexity index is 498. The van der Waals surface area contributed by atoms with Gasteiger partial charge < -0.3 is 4.74 Å². The number of aromatic nitrogens is 2. The zero-order valence-electron chi connectivity index (χ0n) is 9.17. The first-order valence-electron chi connectivity index (χ1n) is 4.46. The first-order valence-corrected chi connectivity index (χ1v) is 6.41. The molecule has 1 heterocycles. The van der Waals surface area contributed by atoms with Crippen molar-refractivity contribution in [2.75, 3.05) is 13.4 Å². The van der Waals surface area contributed by atoms with Gasteiger partial charge in [0.05, 0.1) is 7.11 Å². The Labute approximate surface area is 93.6 Å². The number of hydrogen-bond acceptors (Lipinski definition) is 6. The molecule has 7 heteroatoms. The van der Waals surface area contributed by atoms with Crippen LogP contribution in [0, 0.1) is 0 Å². The summed E-state index contributed by atoms with van der Waals surface area (Å²) in [7, 11) is -2.11. The van der Waals surface area contributed by atoms with Crippen molar-refractivity contribution in [1.82, 2.24) is 9.97 Å². The van der Waals surface area contributed by atoms with Crippen molar-refractivity contribution in [1.29, 1.82) is 0 Å². The van der Waals surface area contributed by atoms with Gasteiger partial charge in [-0.3, -0.25) is 4.79 Å². The second-order valence-electron chi connectivity index (χ2n) is 3.25. The number of carbonyl (C=O) groups is 1. The quantitative estimate of drug-likeness (QED) is 0.698. The van der Waals surface area contributed by atoms with E-state index in [1.807, 2.05) is 0 Å². The van der Waals surface area contributed by atoms with Crippen molar-refractivity contribution in [3.63, 3.8) is 0 Å². The minimum atomic E-state index is -3.45. The molecule has 1 atom stereocenters. The van der Waals surface area contributed by atoms with Crippen LogP contribution in [-0.4, -0.2) is 42.8 Å². The topological polar surface area (TPSA) is 86.2 Å². The van der Waals surface area contributed by atoms with Crippen LogP contribution in [0.25, 0.3) is 0 Å². The molecule has 16 heavy (non-hydrogen) atoms. The van der Waals surface area contributed by atoms with Crippen molar-refractivity contribution in [2.45, 2.75) is 12.2 Å². The molecular weight excluding hydrogens is 232 g/mol. The average Bonchev–Trinajstić information content (AvgIpc) is 2.25. The van der Waals surface area contributed by atoms with Gasteiger partial charge in [0.15, 0.2) is 15.5 Å². The third-order valence-electron chi connectivity index (χ3n) is 2.10. The zero-order chi connectivity index (χ0) is 12.3. The highest BCUT2D eigenvalue weighted by Crippen LogP contribution is 2.15. The van der Waals surface area contributed by atoms with Gasteiger partial charge in [-0.25, -0.2) is 18.4 Å². The minimum Gasteiger partial charge on any atom is -0.479 e. The largest absolute Gasteiger partial charge is 0.479 e. The molecule has 1 aromatic rings. The molecule has 0 N–H and O–H groups in total. The first kappa shape index (κ1) is 12.6. The van der Waals surface area contributed by atoms with Gasteiger partial charge in [0.25, 0.3) is 0 Å². The first-order chi connectivity index (χ1) is 7.38. The molecule has 0 aliphatic carbocycles. The molecule has 0 saturated carbocycles. The molecule has 1 rings (SSSR count). The van der Waals surface area contributed by atoms with Crippen LogP contribution in [0.3, 0.4) is 0 Å². The normalized spacial score (nSPS) is 13.2. The van der Waals surface area contributed by atoms with Crippen LogP contribution in [-0.2, 0) is 9.84 Å². The number of nitrogens with zero attached hydrogens (tertiary/aromatic N) is 2. The number of rotatable bonds is 4. The molecule has 0 saturated heterocycles. The molecule has 0 fully saturated rings. The molecule has 0 spiro atoms. The van der Waals surface area contributed by atoms with E-state index in [9.17, 15) is 13.2 Å². The smallest absolute Gasteiger partial charge is 0.243 e. The van der Waals surface area contributed by atoms with Gasteiger partial charge in [-0.2, -0.15) is 0 Å². The zero-order valence-corrected chi connectivity index (χ0v) is 9.98. The summed E-state index contributed by atoms with van der Waals surface area (Å²) in [4.78, 5) is 19.4. The highest BCUT2D eigenvalue weighted by atomic mass is 32.2. The summed E-state index contributed by atoms with van der Waals surface area (Å²) < 4.78 is 27.3. The lowest BCUT2D eigenvalue weighted by Gasteiger charge is -2.09. The predicted molar refractivity (Wildman–Crippen MR) is 57.2 cm³/mol. The van der Waals surface area contributed by atoms with E-state index >= 15 is 0 Å². The number of ether oxygens (including phenoxy) is 1. The number of Topliss-reactive ketones (excluding diaryl/α,β-unsaturated/α-hetero) is 1. The van der Waals surface area contributed by atoms with E-state index in [1.54, 1.807) is 0 Å². The summed E-state index contributed by atoms with van der Waals surface area (Å²) in [6, 6.07) is 0. The Kier molecular flexibility index (Phi) is 3.58. The lowest BCUT2D eigenvalue weighted by molar-refractivity contribution is 0.0983. The van der Waals surface area contributed by atoms with Crippen LogP contribution in [0.2, 0.25) is 0 Å². The molecule has 1 unspecified atom stereocenters. The maximum absolute atomic E-state index is 11.8. The van der Waals surface area contributed by atoms with Gasteiger partial charge in [0.2, 0.25) is 11.7 Å². The Morgan fingerprint density at radius 1 is 1.38 bits per heavy atom. The third-order valence-corrected chi connectivity index (χ3v) is 3.60. The van der Waals surface area contributed by atoms with Crippen LogP contribution < -0.4 is 4.74 Å². The summed E-state index contributed by atoms with van der Waals surface area (Å²) >= 11 is 0. The van der Waals surface area contributed by atoms with E-state index in [0.29, 0.717) is 0 Å². The number of ketones is 1. The summed E-state index contributed by atoms with van der Waals surface area (Å²) in [5.41, 5.74) is -0.0667. The van der Waals surface area contributed by atoms with Crippen molar-refractivity contribution in [2.24, 2.45) is 0 Å². The molecule has 0 aliphatic rings. The van der Waals surface area contributed by atoms with Crippen LogP contribution in [0.15, 0.2) is 12.4 Å². The lowest BCUT2D eigenvalue weighted by Crippen LogP contribution is -2.27. The van der Waals surface area contributed by atoms with Gasteiger partial charge in [-0.05, 0) is 6.92 Å². The van der Waals surface area contributed by atoms with Crippen LogP contribution in [0.5, 0.6) is 5.88 Å². The number of hydrogen-bond donors (Lipinski definition) is 0. The summed E-state index contributed by atoms with van der Waals surface area (Å²) in [6.07, 6.45) is 3.67. The van der Waals surface area contributed by atoms with Crippen LogP contribution in [0.4, 0.5) is 0 Å². The maximum atomic E-state index is 11.8. The molecule has 0 amide bonds. The van der Waals surface area contributed by atoms with Gasteiger partial charge in [0.1, 0.15) is 5.25 Å². The van der Waals surface area contributed by atoms with E-state index in [0.717, 1.165) is 6.26 Å². The standard InChI is InChI=1S/C9H12N2O4S/c1-6(16(3,13)14)8(12)7-9(15-2)11-5-4-10-7/h4-6H,1-3H3. The SMILES string of the molecule is COc1nccnc1C(=O)C(C)S(C)(=O)=O. The molecule has 6 nitrogen and oxygen atoms in total. The predicted octanol–water partition coefficient (Wildman–Crippen LogP) is 0.101. The Hall–Kier alpha value is -1.50. The Balaban J connectivity index is 3.15. The van der Waals surface area contributed by atoms with Gasteiger partial charge >= 0.3 is 0 Å². The van der Waals surface area contributed by atoms with E-state index in [-0.39, 0.29) is 11.6 Å². The van der Waals surface area contributed by atoms with Crippen molar-refractivity contribution < 1.29 is 17.9 Å². The molecule has 1 aromatic heterocycles. The average molecular weight is 244 g/mol. The van der Waals surface area contributed by atoms with E-state index in [2.05, 4.69) is 9.97 Å². The number of methoxy groups -OCH3 is 1. The van der Waals surface area contributed by atoms with Crippen LogP contribution >= 0.6 is 0 Å². The van der Waals surface area contributed by atoms with Gasteiger partial charge in [-0.15, -0.1) is 0 Å². The monoisotopic (exact) mass is 244 g/mol. The minimum absolute atomic E-state index is 0.0306. The van der Waals surface area contributed by atoms with E-state index in [1.165, 1.54) is 26.4 Å². The summed E-state index contributed by atoms with van der Waals surface area (Å²) in [6.45, 7) is 1.31. The highest BCUT2D eigenvalue weighted by molar-refractivity contribution is 7.92. The Morgan fingerprint density at radius 3 is 2.44 bits per heavy atom. The fourth-order valence-corrected chi connectivity index (χ4v) is 1.53. The van der Waals surface area contributed by atoms with Crippen molar-refractivity contribution >= 4 is 15.6 Å². The second kappa shape index (κ2) is 4.56. The maximum Gasteiger partial charge on any atom is 0.243 e. The van der Waals surface area contributed by atoms with Crippen LogP contribution in [0.1, 0.15) is 17.4 Å². The lowest BCUT2D eigenvalue weighted by atomic mass is 10.2. The fourth-order valence-electron chi connectivity index (χ4n) is 1.03. The molecule has 88 valence electrons. The second-order valence-corrected chi connectivity index (χ2v) is 5.62. The summed E-state index contributed by atoms with van der Waals surface area (Å²) in [5, 5.41) is -1.15. The summed E-state index contributed by atoms with van der Waals surface area (Å²) in [5.74, 6) is -0.588. The molecule has 0 aliphatic heterocycles.